The summed E-state index contributed by atoms with van der Waals surface area (Å²) >= 11 is 6.04. The molecule has 0 saturated carbocycles. The Bertz CT molecular complexity index is 852. The molecule has 0 unspecified atom stereocenters. The van der Waals surface area contributed by atoms with Crippen molar-refractivity contribution in [2.24, 2.45) is 11.8 Å². The van der Waals surface area contributed by atoms with Gasteiger partial charge in [0.1, 0.15) is 5.75 Å². The zero-order valence-electron chi connectivity index (χ0n) is 16.7. The van der Waals surface area contributed by atoms with Crippen LogP contribution in [0, 0.1) is 11.8 Å². The number of hydrogen-bond donors (Lipinski definition) is 2. The average molecular weight is 416 g/mol. The fraction of sp³-hybridized carbons (Fsp3) is 0.364. The number of hydrogen-bond acceptors (Lipinski definition) is 3. The van der Waals surface area contributed by atoms with Crippen molar-refractivity contribution in [2.75, 3.05) is 30.8 Å². The number of methoxy groups -OCH3 is 1. The van der Waals surface area contributed by atoms with E-state index in [0.717, 1.165) is 18.5 Å². The number of amides is 3. The third-order valence-corrected chi connectivity index (χ3v) is 5.63. The van der Waals surface area contributed by atoms with Crippen LogP contribution in [0.3, 0.4) is 0 Å². The van der Waals surface area contributed by atoms with Crippen LogP contribution in [0.2, 0.25) is 5.02 Å². The number of carbonyl (C=O) groups excluding carboxylic acids is 2. The number of rotatable bonds is 5. The SMILES string of the molecule is COc1ccc(Cl)cc1NC(=O)[C@@H](C)C1CCN(C(=O)Nc2ccccc2)CC1. The molecule has 154 valence electrons. The molecular weight excluding hydrogens is 390 g/mol. The molecule has 1 aliphatic heterocycles. The number of para-hydroxylation sites is 1. The highest BCUT2D eigenvalue weighted by atomic mass is 35.5. The highest BCUT2D eigenvalue weighted by Gasteiger charge is 2.30. The lowest BCUT2D eigenvalue weighted by Crippen LogP contribution is -2.43. The molecule has 0 spiro atoms. The molecule has 6 nitrogen and oxygen atoms in total. The smallest absolute Gasteiger partial charge is 0.321 e. The Morgan fingerprint density at radius 3 is 2.45 bits per heavy atom. The summed E-state index contributed by atoms with van der Waals surface area (Å²) in [7, 11) is 1.55. The van der Waals surface area contributed by atoms with Crippen LogP contribution < -0.4 is 15.4 Å². The largest absolute Gasteiger partial charge is 0.495 e. The molecule has 7 heteroatoms. The van der Waals surface area contributed by atoms with Gasteiger partial charge >= 0.3 is 6.03 Å². The van der Waals surface area contributed by atoms with Gasteiger partial charge in [-0.3, -0.25) is 4.79 Å². The second kappa shape index (κ2) is 9.65. The first kappa shape index (κ1) is 21.0. The van der Waals surface area contributed by atoms with Gasteiger partial charge in [0.2, 0.25) is 5.91 Å². The maximum absolute atomic E-state index is 12.7. The van der Waals surface area contributed by atoms with Gasteiger partial charge in [-0.2, -0.15) is 0 Å². The van der Waals surface area contributed by atoms with Gasteiger partial charge in [-0.05, 0) is 49.1 Å². The second-order valence-electron chi connectivity index (χ2n) is 7.24. The van der Waals surface area contributed by atoms with Gasteiger partial charge < -0.3 is 20.3 Å². The molecule has 1 heterocycles. The van der Waals surface area contributed by atoms with Gasteiger partial charge in [0.25, 0.3) is 0 Å². The van der Waals surface area contributed by atoms with Crippen LogP contribution in [0.15, 0.2) is 48.5 Å². The van der Waals surface area contributed by atoms with Crippen molar-refractivity contribution in [2.45, 2.75) is 19.8 Å². The van der Waals surface area contributed by atoms with E-state index in [1.807, 2.05) is 37.3 Å². The maximum atomic E-state index is 12.7. The Kier molecular flexibility index (Phi) is 6.99. The number of nitrogens with zero attached hydrogens (tertiary/aromatic N) is 1. The number of anilines is 2. The van der Waals surface area contributed by atoms with Crippen molar-refractivity contribution >= 4 is 34.9 Å². The molecule has 1 aliphatic rings. The summed E-state index contributed by atoms with van der Waals surface area (Å²) in [5, 5.41) is 6.37. The fourth-order valence-electron chi connectivity index (χ4n) is 3.57. The third kappa shape index (κ3) is 5.41. The summed E-state index contributed by atoms with van der Waals surface area (Å²) in [6.07, 6.45) is 1.56. The molecule has 29 heavy (non-hydrogen) atoms. The number of nitrogens with one attached hydrogen (secondary N) is 2. The molecule has 0 bridgehead atoms. The zero-order valence-corrected chi connectivity index (χ0v) is 17.4. The van der Waals surface area contributed by atoms with Gasteiger partial charge in [0, 0.05) is 29.7 Å². The Labute approximate surface area is 176 Å². The van der Waals surface area contributed by atoms with E-state index in [2.05, 4.69) is 10.6 Å². The number of piperidine rings is 1. The number of urea groups is 1. The van der Waals surface area contributed by atoms with Crippen LogP contribution in [0.5, 0.6) is 5.75 Å². The minimum atomic E-state index is -0.182. The third-order valence-electron chi connectivity index (χ3n) is 5.39. The van der Waals surface area contributed by atoms with Crippen LogP contribution in [0.25, 0.3) is 0 Å². The maximum Gasteiger partial charge on any atom is 0.321 e. The van der Waals surface area contributed by atoms with Gasteiger partial charge in [-0.1, -0.05) is 36.7 Å². The summed E-state index contributed by atoms with van der Waals surface area (Å²) < 4.78 is 5.29. The molecule has 1 saturated heterocycles. The summed E-state index contributed by atoms with van der Waals surface area (Å²) in [6.45, 7) is 3.18. The van der Waals surface area contributed by atoms with Crippen LogP contribution in [0.1, 0.15) is 19.8 Å². The fourth-order valence-corrected chi connectivity index (χ4v) is 3.74. The Balaban J connectivity index is 1.53. The van der Waals surface area contributed by atoms with E-state index in [4.69, 9.17) is 16.3 Å². The van der Waals surface area contributed by atoms with Crippen molar-refractivity contribution in [1.29, 1.82) is 0 Å². The van der Waals surface area contributed by atoms with Gasteiger partial charge in [0.15, 0.2) is 0 Å². The first-order valence-corrected chi connectivity index (χ1v) is 10.1. The normalized spacial score (nSPS) is 15.5. The predicted molar refractivity (Wildman–Crippen MR) is 116 cm³/mol. The lowest BCUT2D eigenvalue weighted by atomic mass is 9.85. The molecular formula is C22H26ClN3O3. The molecule has 2 aromatic rings. The number of halogens is 1. The van der Waals surface area contributed by atoms with E-state index in [1.165, 1.54) is 0 Å². The first-order valence-electron chi connectivity index (χ1n) is 9.73. The first-order chi connectivity index (χ1) is 14.0. The Hall–Kier alpha value is -2.73. The lowest BCUT2D eigenvalue weighted by molar-refractivity contribution is -0.121. The van der Waals surface area contributed by atoms with Crippen molar-refractivity contribution < 1.29 is 14.3 Å². The van der Waals surface area contributed by atoms with Gasteiger partial charge in [-0.25, -0.2) is 4.79 Å². The summed E-state index contributed by atoms with van der Waals surface area (Å²) in [6, 6.07) is 14.4. The van der Waals surface area contributed by atoms with Crippen LogP contribution in [0.4, 0.5) is 16.2 Å². The van der Waals surface area contributed by atoms with E-state index < -0.39 is 0 Å². The molecule has 2 N–H and O–H groups in total. The van der Waals surface area contributed by atoms with Crippen molar-refractivity contribution in [3.05, 3.63) is 53.6 Å². The lowest BCUT2D eigenvalue weighted by Gasteiger charge is -2.34. The quantitative estimate of drug-likeness (QED) is 0.732. The molecule has 3 rings (SSSR count). The van der Waals surface area contributed by atoms with E-state index in [9.17, 15) is 9.59 Å². The second-order valence-corrected chi connectivity index (χ2v) is 7.68. The number of benzene rings is 2. The topological polar surface area (TPSA) is 70.7 Å². The standard InChI is InChI=1S/C22H26ClN3O3/c1-15(21(27)25-19-14-17(23)8-9-20(19)29-2)16-10-12-26(13-11-16)22(28)24-18-6-4-3-5-7-18/h3-9,14-16H,10-13H2,1-2H3,(H,24,28)(H,25,27)/t15-/m0/s1. The van der Waals surface area contributed by atoms with Crippen molar-refractivity contribution in [3.63, 3.8) is 0 Å². The average Bonchev–Trinajstić information content (AvgIpc) is 2.74. The van der Waals surface area contributed by atoms with Crippen molar-refractivity contribution in [3.8, 4) is 5.75 Å². The number of carbonyl (C=O) groups is 2. The van der Waals surface area contributed by atoms with Crippen LogP contribution in [-0.2, 0) is 4.79 Å². The van der Waals surface area contributed by atoms with E-state index in [-0.39, 0.29) is 23.8 Å². The zero-order chi connectivity index (χ0) is 20.8. The molecule has 2 aromatic carbocycles. The summed E-state index contributed by atoms with van der Waals surface area (Å²) in [4.78, 5) is 27.0. The van der Waals surface area contributed by atoms with E-state index in [1.54, 1.807) is 30.2 Å². The highest BCUT2D eigenvalue weighted by Crippen LogP contribution is 2.30. The van der Waals surface area contributed by atoms with Crippen molar-refractivity contribution in [1.82, 2.24) is 4.90 Å². The molecule has 0 aromatic heterocycles. The predicted octanol–water partition coefficient (Wildman–Crippen LogP) is 4.87. The van der Waals surface area contributed by atoms with Crippen LogP contribution in [-0.4, -0.2) is 37.0 Å². The molecule has 0 radical (unpaired) electrons. The monoisotopic (exact) mass is 415 g/mol. The van der Waals surface area contributed by atoms with Crippen LogP contribution >= 0.6 is 11.6 Å². The van der Waals surface area contributed by atoms with E-state index >= 15 is 0 Å². The van der Waals surface area contributed by atoms with Gasteiger partial charge in [-0.15, -0.1) is 0 Å². The Morgan fingerprint density at radius 1 is 1.10 bits per heavy atom. The highest BCUT2D eigenvalue weighted by molar-refractivity contribution is 6.31. The number of likely N-dealkylation sites (tertiary alicyclic amines) is 1. The van der Waals surface area contributed by atoms with E-state index in [0.29, 0.717) is 29.5 Å². The molecule has 0 aliphatic carbocycles. The number of ether oxygens (including phenoxy) is 1. The minimum absolute atomic E-state index is 0.0715. The van der Waals surface area contributed by atoms with Gasteiger partial charge in [0.05, 0.1) is 12.8 Å². The molecule has 1 atom stereocenters. The minimum Gasteiger partial charge on any atom is -0.495 e. The molecule has 1 fully saturated rings. The molecule has 3 amide bonds. The Morgan fingerprint density at radius 2 is 1.79 bits per heavy atom. The summed E-state index contributed by atoms with van der Waals surface area (Å²) in [5.74, 6) is 0.527. The summed E-state index contributed by atoms with van der Waals surface area (Å²) in [5.41, 5.74) is 1.35.